The van der Waals surface area contributed by atoms with E-state index in [0.717, 1.165) is 41.3 Å². The zero-order valence-corrected chi connectivity index (χ0v) is 15.2. The maximum absolute atomic E-state index is 14.1. The van der Waals surface area contributed by atoms with E-state index in [1.54, 1.807) is 35.5 Å². The molecule has 1 unspecified atom stereocenters. The van der Waals surface area contributed by atoms with E-state index in [2.05, 4.69) is 25.0 Å². The second-order valence-corrected chi connectivity index (χ2v) is 6.87. The molecule has 1 N–H and O–H groups in total. The largest absolute Gasteiger partial charge is 0.348 e. The Morgan fingerprint density at radius 2 is 2.07 bits per heavy atom. The molecule has 1 atom stereocenters. The Bertz CT molecular complexity index is 1070. The highest BCUT2D eigenvalue weighted by molar-refractivity contribution is 5.41. The average molecular weight is 374 g/mol. The van der Waals surface area contributed by atoms with E-state index in [1.807, 2.05) is 30.5 Å². The molecule has 28 heavy (non-hydrogen) atoms. The summed E-state index contributed by atoms with van der Waals surface area (Å²) in [6.45, 7) is 1.39. The summed E-state index contributed by atoms with van der Waals surface area (Å²) in [6.07, 6.45) is 7.99. The first-order valence-electron chi connectivity index (χ1n) is 9.25. The topological polar surface area (TPSA) is 62.6 Å². The van der Waals surface area contributed by atoms with Crippen LogP contribution < -0.4 is 0 Å². The van der Waals surface area contributed by atoms with Gasteiger partial charge in [0.25, 0.3) is 0 Å². The molecule has 6 nitrogen and oxygen atoms in total. The van der Waals surface area contributed by atoms with Gasteiger partial charge in [0.2, 0.25) is 0 Å². The minimum absolute atomic E-state index is 0.0788. The molecular formula is C21H19FN6. The molecule has 0 saturated carbocycles. The van der Waals surface area contributed by atoms with Crippen molar-refractivity contribution in [1.29, 1.82) is 0 Å². The predicted octanol–water partition coefficient (Wildman–Crippen LogP) is 3.28. The molecule has 0 radical (unpaired) electrons. The fraction of sp³-hybridized carbons (Fsp3) is 0.190. The Balaban J connectivity index is 1.56. The molecule has 1 aliphatic heterocycles. The quantitative estimate of drug-likeness (QED) is 0.596. The van der Waals surface area contributed by atoms with Crippen molar-refractivity contribution < 1.29 is 4.39 Å². The van der Waals surface area contributed by atoms with Crippen LogP contribution in [0.1, 0.15) is 28.7 Å². The molecule has 7 heteroatoms. The van der Waals surface area contributed by atoms with Crippen LogP contribution in [-0.2, 0) is 13.0 Å². The number of aromatic amines is 1. The Morgan fingerprint density at radius 1 is 1.11 bits per heavy atom. The summed E-state index contributed by atoms with van der Waals surface area (Å²) in [5.41, 5.74) is 4.82. The van der Waals surface area contributed by atoms with Crippen molar-refractivity contribution >= 4 is 0 Å². The number of pyridine rings is 1. The lowest BCUT2D eigenvalue weighted by Gasteiger charge is -2.35. The number of rotatable bonds is 4. The summed E-state index contributed by atoms with van der Waals surface area (Å²) in [5, 5.41) is 4.32. The normalized spacial score (nSPS) is 16.8. The molecular weight excluding hydrogens is 355 g/mol. The number of H-pyrrole nitrogens is 1. The fourth-order valence-corrected chi connectivity index (χ4v) is 3.89. The molecule has 0 aliphatic carbocycles. The van der Waals surface area contributed by atoms with Crippen molar-refractivity contribution in [3.8, 4) is 5.69 Å². The number of halogens is 1. The van der Waals surface area contributed by atoms with Crippen LogP contribution in [0.4, 0.5) is 4.39 Å². The number of nitrogens with zero attached hydrogens (tertiary/aromatic N) is 5. The van der Waals surface area contributed by atoms with Crippen molar-refractivity contribution in [3.63, 3.8) is 0 Å². The molecule has 1 aliphatic rings. The maximum Gasteiger partial charge on any atom is 0.123 e. The van der Waals surface area contributed by atoms with Gasteiger partial charge in [-0.25, -0.2) is 14.1 Å². The van der Waals surface area contributed by atoms with Crippen molar-refractivity contribution in [1.82, 2.24) is 29.6 Å². The highest BCUT2D eigenvalue weighted by Gasteiger charge is 2.32. The number of imidazole rings is 1. The van der Waals surface area contributed by atoms with Gasteiger partial charge in [-0.2, -0.15) is 5.10 Å². The Hall–Kier alpha value is -3.32. The number of benzene rings is 1. The van der Waals surface area contributed by atoms with Crippen LogP contribution in [0.3, 0.4) is 0 Å². The first-order chi connectivity index (χ1) is 13.8. The summed E-state index contributed by atoms with van der Waals surface area (Å²) >= 11 is 0. The third kappa shape index (κ3) is 2.99. The van der Waals surface area contributed by atoms with Crippen LogP contribution >= 0.6 is 0 Å². The molecule has 0 saturated heterocycles. The SMILES string of the molecule is Fc1ccc(-n2cccn2)c(CN2CCc3[nH]cnc3C2c2ccccn2)c1. The van der Waals surface area contributed by atoms with Crippen LogP contribution in [0.15, 0.2) is 67.4 Å². The lowest BCUT2D eigenvalue weighted by molar-refractivity contribution is 0.196. The van der Waals surface area contributed by atoms with Crippen LogP contribution in [0, 0.1) is 5.82 Å². The van der Waals surface area contributed by atoms with Gasteiger partial charge in [0.1, 0.15) is 5.82 Å². The first kappa shape index (κ1) is 16.8. The Labute approximate surface area is 161 Å². The Morgan fingerprint density at radius 3 is 2.89 bits per heavy atom. The molecule has 0 spiro atoms. The number of hydrogen-bond donors (Lipinski definition) is 1. The smallest absolute Gasteiger partial charge is 0.123 e. The lowest BCUT2D eigenvalue weighted by atomic mass is 9.98. The molecule has 4 heterocycles. The molecule has 0 bridgehead atoms. The zero-order chi connectivity index (χ0) is 18.9. The minimum Gasteiger partial charge on any atom is -0.348 e. The lowest BCUT2D eigenvalue weighted by Crippen LogP contribution is -2.36. The number of aromatic nitrogens is 5. The van der Waals surface area contributed by atoms with Crippen molar-refractivity contribution in [2.45, 2.75) is 19.0 Å². The van der Waals surface area contributed by atoms with Gasteiger partial charge in [0.05, 0.1) is 29.4 Å². The summed E-state index contributed by atoms with van der Waals surface area (Å²) < 4.78 is 15.8. The summed E-state index contributed by atoms with van der Waals surface area (Å²) in [6, 6.07) is 12.5. The van der Waals surface area contributed by atoms with Gasteiger partial charge in [-0.05, 0) is 42.0 Å². The molecule has 0 amide bonds. The number of hydrogen-bond acceptors (Lipinski definition) is 4. The molecule has 3 aromatic heterocycles. The summed E-state index contributed by atoms with van der Waals surface area (Å²) in [4.78, 5) is 14.7. The van der Waals surface area contributed by atoms with Crippen LogP contribution in [0.25, 0.3) is 5.69 Å². The molecule has 5 rings (SSSR count). The molecule has 140 valence electrons. The van der Waals surface area contributed by atoms with Gasteiger partial charge < -0.3 is 4.98 Å². The third-order valence-corrected chi connectivity index (χ3v) is 5.16. The Kier molecular flexibility index (Phi) is 4.21. The minimum atomic E-state index is -0.252. The van der Waals surface area contributed by atoms with Crippen LogP contribution in [0.2, 0.25) is 0 Å². The standard InChI is InChI=1S/C21H19FN6/c22-16-5-6-19(28-10-3-9-26-28)15(12-16)13-27-11-7-17-20(25-14-24-17)21(27)18-4-1-2-8-23-18/h1-6,8-10,12,14,21H,7,11,13H2,(H,24,25). The second-order valence-electron chi connectivity index (χ2n) is 6.87. The first-order valence-corrected chi connectivity index (χ1v) is 9.25. The summed E-state index contributed by atoms with van der Waals surface area (Å²) in [7, 11) is 0. The monoisotopic (exact) mass is 374 g/mol. The molecule has 4 aromatic rings. The predicted molar refractivity (Wildman–Crippen MR) is 102 cm³/mol. The number of nitrogens with one attached hydrogen (secondary N) is 1. The average Bonchev–Trinajstić information content (AvgIpc) is 3.40. The van der Waals surface area contributed by atoms with E-state index in [9.17, 15) is 4.39 Å². The van der Waals surface area contributed by atoms with Crippen LogP contribution in [-0.4, -0.2) is 36.2 Å². The van der Waals surface area contributed by atoms with Crippen LogP contribution in [0.5, 0.6) is 0 Å². The highest BCUT2D eigenvalue weighted by atomic mass is 19.1. The number of fused-ring (bicyclic) bond motifs is 1. The highest BCUT2D eigenvalue weighted by Crippen LogP contribution is 2.34. The summed E-state index contributed by atoms with van der Waals surface area (Å²) in [5.74, 6) is -0.252. The van der Waals surface area contributed by atoms with E-state index in [0.29, 0.717) is 6.54 Å². The van der Waals surface area contributed by atoms with Crippen molar-refractivity contribution in [3.05, 3.63) is 95.8 Å². The zero-order valence-electron chi connectivity index (χ0n) is 15.2. The van der Waals surface area contributed by atoms with E-state index in [-0.39, 0.29) is 11.9 Å². The maximum atomic E-state index is 14.1. The van der Waals surface area contributed by atoms with Gasteiger partial charge in [-0.1, -0.05) is 6.07 Å². The molecule has 1 aromatic carbocycles. The van der Waals surface area contributed by atoms with E-state index < -0.39 is 0 Å². The second kappa shape index (κ2) is 7.01. The third-order valence-electron chi connectivity index (χ3n) is 5.16. The van der Waals surface area contributed by atoms with Crippen molar-refractivity contribution in [2.24, 2.45) is 0 Å². The van der Waals surface area contributed by atoms with Gasteiger partial charge in [0.15, 0.2) is 0 Å². The van der Waals surface area contributed by atoms with Gasteiger partial charge >= 0.3 is 0 Å². The van der Waals surface area contributed by atoms with Gasteiger partial charge in [0, 0.05) is 43.8 Å². The van der Waals surface area contributed by atoms with Gasteiger partial charge in [-0.3, -0.25) is 9.88 Å². The van der Waals surface area contributed by atoms with E-state index >= 15 is 0 Å². The van der Waals surface area contributed by atoms with E-state index in [4.69, 9.17) is 0 Å². The van der Waals surface area contributed by atoms with Crippen molar-refractivity contribution in [2.75, 3.05) is 6.54 Å². The fourth-order valence-electron chi connectivity index (χ4n) is 3.89. The van der Waals surface area contributed by atoms with Gasteiger partial charge in [-0.15, -0.1) is 0 Å². The van der Waals surface area contributed by atoms with E-state index in [1.165, 1.54) is 6.07 Å². The molecule has 0 fully saturated rings.